The average Bonchev–Trinajstić information content (AvgIpc) is 2.53. The van der Waals surface area contributed by atoms with Crippen LogP contribution in [0.5, 0.6) is 5.75 Å². The molecule has 0 saturated heterocycles. The van der Waals surface area contributed by atoms with Crippen LogP contribution in [0.25, 0.3) is 10.8 Å². The lowest BCUT2D eigenvalue weighted by atomic mass is 10.1. The first-order valence-electron chi connectivity index (χ1n) is 7.12. The Morgan fingerprint density at radius 1 is 0.864 bits per heavy atom. The largest absolute Gasteiger partial charge is 0.489 e. The molecule has 0 unspecified atom stereocenters. The molecule has 3 aromatic carbocycles. The molecule has 3 rings (SSSR count). The third kappa shape index (κ3) is 3.44. The number of hydrogen-bond donors (Lipinski definition) is 1. The molecular weight excluding hydrogens is 276 g/mol. The lowest BCUT2D eigenvalue weighted by molar-refractivity contribution is -0.136. The number of ether oxygens (including phenoxy) is 1. The summed E-state index contributed by atoms with van der Waals surface area (Å²) in [7, 11) is 0. The standard InChI is InChI=1S/C19H16O3/c20-19(21)11-14-5-7-15(8-6-14)13-22-18-10-9-16-3-1-2-4-17(16)12-18/h1-10,12H,11,13H2,(H,20,21). The van der Waals surface area contributed by atoms with Crippen LogP contribution >= 0.6 is 0 Å². The third-order valence-corrected chi connectivity index (χ3v) is 3.50. The highest BCUT2D eigenvalue weighted by atomic mass is 16.5. The smallest absolute Gasteiger partial charge is 0.307 e. The molecule has 1 N–H and O–H groups in total. The van der Waals surface area contributed by atoms with E-state index < -0.39 is 5.97 Å². The summed E-state index contributed by atoms with van der Waals surface area (Å²) < 4.78 is 5.80. The van der Waals surface area contributed by atoms with Gasteiger partial charge in [0.15, 0.2) is 0 Å². The predicted octanol–water partition coefficient (Wildman–Crippen LogP) is 4.05. The summed E-state index contributed by atoms with van der Waals surface area (Å²) >= 11 is 0. The molecule has 0 spiro atoms. The van der Waals surface area contributed by atoms with E-state index >= 15 is 0 Å². The second kappa shape index (κ2) is 6.31. The summed E-state index contributed by atoms with van der Waals surface area (Å²) in [6, 6.07) is 21.6. The zero-order valence-electron chi connectivity index (χ0n) is 12.0. The van der Waals surface area contributed by atoms with E-state index in [1.165, 1.54) is 5.39 Å². The number of rotatable bonds is 5. The van der Waals surface area contributed by atoms with Gasteiger partial charge in [0, 0.05) is 0 Å². The predicted molar refractivity (Wildman–Crippen MR) is 86.1 cm³/mol. The van der Waals surface area contributed by atoms with Crippen molar-refractivity contribution in [2.24, 2.45) is 0 Å². The van der Waals surface area contributed by atoms with Crippen LogP contribution in [-0.4, -0.2) is 11.1 Å². The highest BCUT2D eigenvalue weighted by Crippen LogP contribution is 2.21. The van der Waals surface area contributed by atoms with Crippen molar-refractivity contribution >= 4 is 16.7 Å². The molecule has 22 heavy (non-hydrogen) atoms. The van der Waals surface area contributed by atoms with Gasteiger partial charge in [-0.3, -0.25) is 4.79 Å². The first-order valence-corrected chi connectivity index (χ1v) is 7.12. The van der Waals surface area contributed by atoms with E-state index in [-0.39, 0.29) is 6.42 Å². The van der Waals surface area contributed by atoms with Crippen molar-refractivity contribution in [2.75, 3.05) is 0 Å². The topological polar surface area (TPSA) is 46.5 Å². The lowest BCUT2D eigenvalue weighted by Crippen LogP contribution is -2.00. The normalized spacial score (nSPS) is 10.5. The van der Waals surface area contributed by atoms with Crippen molar-refractivity contribution < 1.29 is 14.6 Å². The molecule has 0 aliphatic heterocycles. The van der Waals surface area contributed by atoms with Crippen LogP contribution in [0.2, 0.25) is 0 Å². The van der Waals surface area contributed by atoms with Gasteiger partial charge in [0.2, 0.25) is 0 Å². The van der Waals surface area contributed by atoms with Crippen LogP contribution in [0.15, 0.2) is 66.7 Å². The molecule has 0 radical (unpaired) electrons. The summed E-state index contributed by atoms with van der Waals surface area (Å²) in [6.07, 6.45) is 0.0474. The zero-order chi connectivity index (χ0) is 15.4. The molecule has 0 saturated carbocycles. The van der Waals surface area contributed by atoms with Crippen molar-refractivity contribution in [1.29, 1.82) is 0 Å². The van der Waals surface area contributed by atoms with Gasteiger partial charge in [-0.15, -0.1) is 0 Å². The fourth-order valence-electron chi connectivity index (χ4n) is 2.35. The van der Waals surface area contributed by atoms with Gasteiger partial charge in [0.1, 0.15) is 12.4 Å². The van der Waals surface area contributed by atoms with Crippen LogP contribution < -0.4 is 4.74 Å². The van der Waals surface area contributed by atoms with Gasteiger partial charge < -0.3 is 9.84 Å². The molecule has 0 fully saturated rings. The number of aliphatic carboxylic acids is 1. The number of fused-ring (bicyclic) bond motifs is 1. The Balaban J connectivity index is 1.67. The average molecular weight is 292 g/mol. The minimum Gasteiger partial charge on any atom is -0.489 e. The molecule has 3 heteroatoms. The number of benzene rings is 3. The van der Waals surface area contributed by atoms with E-state index in [9.17, 15) is 4.79 Å². The summed E-state index contributed by atoms with van der Waals surface area (Å²) in [5.41, 5.74) is 1.81. The summed E-state index contributed by atoms with van der Waals surface area (Å²) in [6.45, 7) is 0.464. The summed E-state index contributed by atoms with van der Waals surface area (Å²) in [5.74, 6) is 0.00785. The summed E-state index contributed by atoms with van der Waals surface area (Å²) in [5, 5.41) is 11.1. The van der Waals surface area contributed by atoms with E-state index in [4.69, 9.17) is 9.84 Å². The van der Waals surface area contributed by atoms with Gasteiger partial charge in [-0.05, 0) is 34.0 Å². The second-order valence-corrected chi connectivity index (χ2v) is 5.18. The van der Waals surface area contributed by atoms with Gasteiger partial charge >= 0.3 is 5.97 Å². The first-order chi connectivity index (χ1) is 10.7. The fraction of sp³-hybridized carbons (Fsp3) is 0.105. The Kier molecular flexibility index (Phi) is 4.05. The number of carbonyl (C=O) groups is 1. The molecule has 0 bridgehead atoms. The van der Waals surface area contributed by atoms with Gasteiger partial charge in [0.25, 0.3) is 0 Å². The molecule has 0 atom stereocenters. The Labute approximate surface area is 128 Å². The molecule has 3 aromatic rings. The Hall–Kier alpha value is -2.81. The molecule has 0 aromatic heterocycles. The van der Waals surface area contributed by atoms with E-state index in [0.717, 1.165) is 22.3 Å². The van der Waals surface area contributed by atoms with Crippen LogP contribution in [0.3, 0.4) is 0 Å². The number of hydrogen-bond acceptors (Lipinski definition) is 2. The third-order valence-electron chi connectivity index (χ3n) is 3.50. The molecule has 110 valence electrons. The van der Waals surface area contributed by atoms with Gasteiger partial charge in [-0.25, -0.2) is 0 Å². The van der Waals surface area contributed by atoms with E-state index in [2.05, 4.69) is 12.1 Å². The number of carboxylic acid groups (broad SMARTS) is 1. The molecule has 3 nitrogen and oxygen atoms in total. The van der Waals surface area contributed by atoms with E-state index in [0.29, 0.717) is 6.61 Å². The van der Waals surface area contributed by atoms with Crippen molar-refractivity contribution in [1.82, 2.24) is 0 Å². The quantitative estimate of drug-likeness (QED) is 0.771. The lowest BCUT2D eigenvalue weighted by Gasteiger charge is -2.08. The SMILES string of the molecule is O=C(O)Cc1ccc(COc2ccc3ccccc3c2)cc1. The Morgan fingerprint density at radius 3 is 2.27 bits per heavy atom. The van der Waals surface area contributed by atoms with Crippen molar-refractivity contribution in [3.8, 4) is 5.75 Å². The number of carboxylic acids is 1. The molecule has 0 amide bonds. The van der Waals surface area contributed by atoms with Gasteiger partial charge in [-0.2, -0.15) is 0 Å². The fourth-order valence-corrected chi connectivity index (χ4v) is 2.35. The Morgan fingerprint density at radius 2 is 1.55 bits per heavy atom. The highest BCUT2D eigenvalue weighted by molar-refractivity contribution is 5.83. The monoisotopic (exact) mass is 292 g/mol. The molecule has 0 aliphatic carbocycles. The Bertz CT molecular complexity index is 791. The van der Waals surface area contributed by atoms with Crippen molar-refractivity contribution in [2.45, 2.75) is 13.0 Å². The maximum absolute atomic E-state index is 10.6. The van der Waals surface area contributed by atoms with Crippen LogP contribution in [0.1, 0.15) is 11.1 Å². The van der Waals surface area contributed by atoms with Gasteiger partial charge in [-0.1, -0.05) is 54.6 Å². The van der Waals surface area contributed by atoms with E-state index in [1.807, 2.05) is 54.6 Å². The molecule has 0 heterocycles. The summed E-state index contributed by atoms with van der Waals surface area (Å²) in [4.78, 5) is 10.6. The van der Waals surface area contributed by atoms with Crippen molar-refractivity contribution in [3.05, 3.63) is 77.9 Å². The first kappa shape index (κ1) is 14.1. The second-order valence-electron chi connectivity index (χ2n) is 5.18. The van der Waals surface area contributed by atoms with Crippen molar-refractivity contribution in [3.63, 3.8) is 0 Å². The van der Waals surface area contributed by atoms with Crippen LogP contribution in [0, 0.1) is 0 Å². The minimum atomic E-state index is -0.819. The molecular formula is C19H16O3. The van der Waals surface area contributed by atoms with Gasteiger partial charge in [0.05, 0.1) is 6.42 Å². The highest BCUT2D eigenvalue weighted by Gasteiger charge is 2.02. The maximum atomic E-state index is 10.6. The molecule has 0 aliphatic rings. The van der Waals surface area contributed by atoms with Crippen LogP contribution in [0.4, 0.5) is 0 Å². The van der Waals surface area contributed by atoms with E-state index in [1.54, 1.807) is 0 Å². The maximum Gasteiger partial charge on any atom is 0.307 e. The van der Waals surface area contributed by atoms with Crippen LogP contribution in [-0.2, 0) is 17.8 Å². The zero-order valence-corrected chi connectivity index (χ0v) is 12.0. The minimum absolute atomic E-state index is 0.0474.